The van der Waals surface area contributed by atoms with E-state index in [1.165, 1.54) is 11.1 Å². The standard InChI is InChI=1S/C8H10N2O2/c1-5-3-8(11)10-7(9-5)4-6(2)12-10/h3-4,7,9H,1-2H3. The molecule has 64 valence electrons. The number of nitrogens with one attached hydrogen (secondary N) is 1. The lowest BCUT2D eigenvalue weighted by Crippen LogP contribution is -2.46. The number of amides is 1. The van der Waals surface area contributed by atoms with Crippen LogP contribution in [0, 0.1) is 0 Å². The van der Waals surface area contributed by atoms with Gasteiger partial charge >= 0.3 is 0 Å². The van der Waals surface area contributed by atoms with Gasteiger partial charge in [0.25, 0.3) is 5.91 Å². The molecule has 2 aliphatic heterocycles. The van der Waals surface area contributed by atoms with E-state index in [9.17, 15) is 4.79 Å². The van der Waals surface area contributed by atoms with Crippen molar-refractivity contribution in [1.82, 2.24) is 10.4 Å². The van der Waals surface area contributed by atoms with Crippen molar-refractivity contribution >= 4 is 5.91 Å². The second-order valence-electron chi connectivity index (χ2n) is 2.95. The quantitative estimate of drug-likeness (QED) is 0.569. The molecular formula is C8H10N2O2. The van der Waals surface area contributed by atoms with Gasteiger partial charge in [-0.05, 0) is 13.8 Å². The molecule has 0 aromatic heterocycles. The number of nitrogens with zero attached hydrogens (tertiary/aromatic N) is 1. The Morgan fingerprint density at radius 3 is 3.08 bits per heavy atom. The first-order chi connectivity index (χ1) is 5.66. The summed E-state index contributed by atoms with van der Waals surface area (Å²) in [5.41, 5.74) is 0.871. The minimum Gasteiger partial charge on any atom is -0.379 e. The van der Waals surface area contributed by atoms with E-state index < -0.39 is 0 Å². The fraction of sp³-hybridized carbons (Fsp3) is 0.375. The van der Waals surface area contributed by atoms with Crippen LogP contribution in [0.5, 0.6) is 0 Å². The number of allylic oxidation sites excluding steroid dienone is 2. The maximum Gasteiger partial charge on any atom is 0.283 e. The molecular weight excluding hydrogens is 156 g/mol. The molecule has 12 heavy (non-hydrogen) atoms. The maximum atomic E-state index is 11.3. The van der Waals surface area contributed by atoms with E-state index in [2.05, 4.69) is 5.32 Å². The van der Waals surface area contributed by atoms with E-state index >= 15 is 0 Å². The van der Waals surface area contributed by atoms with Crippen molar-refractivity contribution in [2.75, 3.05) is 0 Å². The van der Waals surface area contributed by atoms with Crippen molar-refractivity contribution in [3.63, 3.8) is 0 Å². The molecule has 2 heterocycles. The predicted octanol–water partition coefficient (Wildman–Crippen LogP) is 0.497. The highest BCUT2D eigenvalue weighted by atomic mass is 16.7. The number of fused-ring (bicyclic) bond motifs is 1. The van der Waals surface area contributed by atoms with Crippen molar-refractivity contribution in [1.29, 1.82) is 0 Å². The van der Waals surface area contributed by atoms with Crippen molar-refractivity contribution < 1.29 is 9.63 Å². The molecule has 0 saturated heterocycles. The Balaban J connectivity index is 2.27. The zero-order valence-corrected chi connectivity index (χ0v) is 7.00. The monoisotopic (exact) mass is 166 g/mol. The molecule has 1 unspecified atom stereocenters. The van der Waals surface area contributed by atoms with Gasteiger partial charge in [0.15, 0.2) is 6.17 Å². The third kappa shape index (κ3) is 0.958. The molecule has 2 rings (SSSR count). The Morgan fingerprint density at radius 2 is 2.33 bits per heavy atom. The van der Waals surface area contributed by atoms with E-state index in [0.29, 0.717) is 0 Å². The summed E-state index contributed by atoms with van der Waals surface area (Å²) < 4.78 is 0. The average Bonchev–Trinajstić information content (AvgIpc) is 2.29. The first-order valence-electron chi connectivity index (χ1n) is 3.81. The maximum absolute atomic E-state index is 11.3. The number of hydrogen-bond acceptors (Lipinski definition) is 3. The van der Waals surface area contributed by atoms with Gasteiger partial charge in [-0.15, -0.1) is 5.06 Å². The second kappa shape index (κ2) is 2.27. The molecule has 0 saturated carbocycles. The van der Waals surface area contributed by atoms with Crippen LogP contribution in [-0.4, -0.2) is 17.1 Å². The molecule has 4 nitrogen and oxygen atoms in total. The Kier molecular flexibility index (Phi) is 1.36. The van der Waals surface area contributed by atoms with E-state index in [4.69, 9.17) is 4.84 Å². The first kappa shape index (κ1) is 7.21. The molecule has 2 aliphatic rings. The summed E-state index contributed by atoms with van der Waals surface area (Å²) in [6, 6.07) is 0. The summed E-state index contributed by atoms with van der Waals surface area (Å²) in [7, 11) is 0. The van der Waals surface area contributed by atoms with E-state index in [1.807, 2.05) is 19.9 Å². The van der Waals surface area contributed by atoms with Crippen molar-refractivity contribution in [2.24, 2.45) is 0 Å². The summed E-state index contributed by atoms with van der Waals surface area (Å²) >= 11 is 0. The first-order valence-corrected chi connectivity index (χ1v) is 3.81. The van der Waals surface area contributed by atoms with Crippen LogP contribution in [0.1, 0.15) is 13.8 Å². The second-order valence-corrected chi connectivity index (χ2v) is 2.95. The van der Waals surface area contributed by atoms with Gasteiger partial charge < -0.3 is 10.2 Å². The summed E-state index contributed by atoms with van der Waals surface area (Å²) in [5.74, 6) is 0.647. The van der Waals surface area contributed by atoms with Crippen LogP contribution in [0.3, 0.4) is 0 Å². The van der Waals surface area contributed by atoms with Crippen LogP contribution in [0.25, 0.3) is 0 Å². The molecule has 4 heteroatoms. The van der Waals surface area contributed by atoms with E-state index in [-0.39, 0.29) is 12.1 Å². The van der Waals surface area contributed by atoms with Gasteiger partial charge in [-0.2, -0.15) is 0 Å². The lowest BCUT2D eigenvalue weighted by Gasteiger charge is -2.27. The fourth-order valence-corrected chi connectivity index (χ4v) is 1.34. The molecule has 0 fully saturated rings. The number of hydrogen-bond donors (Lipinski definition) is 1. The molecule has 0 aliphatic carbocycles. The van der Waals surface area contributed by atoms with Gasteiger partial charge in [0.2, 0.25) is 0 Å². The Hall–Kier alpha value is -1.45. The van der Waals surface area contributed by atoms with Gasteiger partial charge in [-0.3, -0.25) is 4.79 Å². The minimum atomic E-state index is -0.123. The summed E-state index contributed by atoms with van der Waals surface area (Å²) in [5, 5.41) is 4.43. The van der Waals surface area contributed by atoms with Crippen LogP contribution in [0.2, 0.25) is 0 Å². The summed E-state index contributed by atoms with van der Waals surface area (Å²) in [6.07, 6.45) is 3.26. The average molecular weight is 166 g/mol. The topological polar surface area (TPSA) is 41.6 Å². The number of rotatable bonds is 0. The van der Waals surface area contributed by atoms with Crippen LogP contribution >= 0.6 is 0 Å². The molecule has 1 N–H and O–H groups in total. The van der Waals surface area contributed by atoms with Crippen LogP contribution in [-0.2, 0) is 9.63 Å². The molecule has 0 spiro atoms. The van der Waals surface area contributed by atoms with Gasteiger partial charge in [0, 0.05) is 17.8 Å². The highest BCUT2D eigenvalue weighted by molar-refractivity contribution is 5.89. The zero-order valence-electron chi connectivity index (χ0n) is 7.00. The van der Waals surface area contributed by atoms with Gasteiger partial charge in [-0.25, -0.2) is 0 Å². The Bertz CT molecular complexity index is 293. The van der Waals surface area contributed by atoms with Crippen molar-refractivity contribution in [3.8, 4) is 0 Å². The van der Waals surface area contributed by atoms with Gasteiger partial charge in [0.05, 0.1) is 0 Å². The van der Waals surface area contributed by atoms with Crippen LogP contribution in [0.4, 0.5) is 0 Å². The SMILES string of the molecule is CC1=CC(=O)N2OC(C)=CC2N1. The van der Waals surface area contributed by atoms with Crippen molar-refractivity contribution in [2.45, 2.75) is 20.0 Å². The molecule has 1 amide bonds. The molecule has 0 radical (unpaired) electrons. The minimum absolute atomic E-state index is 0.107. The van der Waals surface area contributed by atoms with Crippen LogP contribution in [0.15, 0.2) is 23.6 Å². The molecule has 1 atom stereocenters. The Morgan fingerprint density at radius 1 is 1.58 bits per heavy atom. The van der Waals surface area contributed by atoms with E-state index in [0.717, 1.165) is 11.5 Å². The van der Waals surface area contributed by atoms with Crippen LogP contribution < -0.4 is 5.32 Å². The lowest BCUT2D eigenvalue weighted by atomic mass is 10.3. The number of carbonyl (C=O) groups is 1. The molecule has 0 bridgehead atoms. The fourth-order valence-electron chi connectivity index (χ4n) is 1.34. The lowest BCUT2D eigenvalue weighted by molar-refractivity contribution is -0.169. The molecule has 0 aromatic rings. The third-order valence-electron chi connectivity index (χ3n) is 1.82. The third-order valence-corrected chi connectivity index (χ3v) is 1.82. The number of carbonyl (C=O) groups excluding carboxylic acids is 1. The van der Waals surface area contributed by atoms with Gasteiger partial charge in [0.1, 0.15) is 5.76 Å². The smallest absolute Gasteiger partial charge is 0.283 e. The number of hydroxylamine groups is 2. The molecule has 0 aromatic carbocycles. The van der Waals surface area contributed by atoms with E-state index in [1.54, 1.807) is 0 Å². The largest absolute Gasteiger partial charge is 0.379 e. The summed E-state index contributed by atoms with van der Waals surface area (Å²) in [4.78, 5) is 16.4. The van der Waals surface area contributed by atoms with Crippen molar-refractivity contribution in [3.05, 3.63) is 23.6 Å². The van der Waals surface area contributed by atoms with Gasteiger partial charge in [-0.1, -0.05) is 0 Å². The normalized spacial score (nSPS) is 27.0. The highest BCUT2D eigenvalue weighted by Crippen LogP contribution is 2.20. The predicted molar refractivity (Wildman–Crippen MR) is 42.4 cm³/mol. The zero-order chi connectivity index (χ0) is 8.72. The Labute approximate surface area is 70.4 Å². The highest BCUT2D eigenvalue weighted by Gasteiger charge is 2.31. The summed E-state index contributed by atoms with van der Waals surface area (Å²) in [6.45, 7) is 3.68.